The maximum Gasteiger partial charge on any atom is 0.226 e. The number of nitrogens with one attached hydrogen (secondary N) is 1. The summed E-state index contributed by atoms with van der Waals surface area (Å²) >= 11 is 0. The molecule has 1 amide bonds. The molecule has 1 aliphatic carbocycles. The second kappa shape index (κ2) is 7.99. The number of amides is 1. The van der Waals surface area contributed by atoms with Crippen molar-refractivity contribution >= 4 is 5.91 Å². The van der Waals surface area contributed by atoms with E-state index in [0.717, 1.165) is 24.2 Å². The highest BCUT2D eigenvalue weighted by Crippen LogP contribution is 2.33. The van der Waals surface area contributed by atoms with Crippen LogP contribution < -0.4 is 10.1 Å². The van der Waals surface area contributed by atoms with Gasteiger partial charge < -0.3 is 14.6 Å². The molecule has 1 aliphatic heterocycles. The summed E-state index contributed by atoms with van der Waals surface area (Å²) in [5.74, 6) is 1.62. The molecule has 2 aliphatic rings. The van der Waals surface area contributed by atoms with Gasteiger partial charge in [0.05, 0.1) is 12.1 Å². The highest BCUT2D eigenvalue weighted by molar-refractivity contribution is 5.78. The van der Waals surface area contributed by atoms with E-state index in [0.29, 0.717) is 18.0 Å². The summed E-state index contributed by atoms with van der Waals surface area (Å²) in [4.78, 5) is 12.2. The van der Waals surface area contributed by atoms with Gasteiger partial charge in [-0.2, -0.15) is 0 Å². The molecule has 142 valence electrons. The Hall–Kier alpha value is -2.56. The maximum absolute atomic E-state index is 12.2. The molecule has 0 radical (unpaired) electrons. The molecule has 0 fully saturated rings. The Bertz CT molecular complexity index is 853. The van der Waals surface area contributed by atoms with Crippen molar-refractivity contribution in [1.82, 2.24) is 10.5 Å². The predicted molar refractivity (Wildman–Crippen MR) is 104 cm³/mol. The first kappa shape index (κ1) is 17.8. The monoisotopic (exact) mass is 366 g/mol. The van der Waals surface area contributed by atoms with Crippen LogP contribution in [0.25, 0.3) is 11.3 Å². The molecular formula is C22H26N2O3. The first-order valence-corrected chi connectivity index (χ1v) is 9.87. The van der Waals surface area contributed by atoms with Crippen molar-refractivity contribution in [3.63, 3.8) is 0 Å². The lowest BCUT2D eigenvalue weighted by molar-refractivity contribution is -0.120. The molecule has 1 aromatic carbocycles. The summed E-state index contributed by atoms with van der Waals surface area (Å²) in [6.45, 7) is 2.76. The average Bonchev–Trinajstić information content (AvgIpc) is 3.27. The second-order valence-electron chi connectivity index (χ2n) is 7.52. The van der Waals surface area contributed by atoms with E-state index in [-0.39, 0.29) is 18.4 Å². The van der Waals surface area contributed by atoms with Crippen molar-refractivity contribution in [3.05, 3.63) is 47.2 Å². The molecule has 0 saturated heterocycles. The highest BCUT2D eigenvalue weighted by atomic mass is 16.5. The predicted octanol–water partition coefficient (Wildman–Crippen LogP) is 4.21. The van der Waals surface area contributed by atoms with Crippen molar-refractivity contribution in [2.45, 2.75) is 58.0 Å². The van der Waals surface area contributed by atoms with Crippen molar-refractivity contribution in [3.8, 4) is 17.1 Å². The number of benzene rings is 1. The third kappa shape index (κ3) is 4.41. The van der Waals surface area contributed by atoms with Crippen LogP contribution in [0.15, 0.2) is 40.4 Å². The Morgan fingerprint density at radius 3 is 3.07 bits per heavy atom. The Morgan fingerprint density at radius 2 is 2.22 bits per heavy atom. The molecule has 1 N–H and O–H groups in total. The fourth-order valence-electron chi connectivity index (χ4n) is 3.83. The third-order valence-electron chi connectivity index (χ3n) is 5.23. The number of aromatic nitrogens is 1. The van der Waals surface area contributed by atoms with E-state index < -0.39 is 0 Å². The first-order valence-electron chi connectivity index (χ1n) is 9.87. The largest absolute Gasteiger partial charge is 0.490 e. The molecule has 1 aromatic heterocycles. The number of carbonyl (C=O) groups is 1. The lowest BCUT2D eigenvalue weighted by Crippen LogP contribution is -2.26. The molecule has 2 heterocycles. The van der Waals surface area contributed by atoms with Crippen molar-refractivity contribution in [2.24, 2.45) is 0 Å². The zero-order valence-corrected chi connectivity index (χ0v) is 15.8. The van der Waals surface area contributed by atoms with Gasteiger partial charge in [-0.15, -0.1) is 0 Å². The Labute approximate surface area is 159 Å². The fraction of sp³-hybridized carbons (Fsp3) is 0.455. The van der Waals surface area contributed by atoms with E-state index in [2.05, 4.69) is 29.5 Å². The minimum Gasteiger partial charge on any atom is -0.490 e. The van der Waals surface area contributed by atoms with Gasteiger partial charge in [0, 0.05) is 24.6 Å². The van der Waals surface area contributed by atoms with E-state index in [1.807, 2.05) is 18.2 Å². The number of hydrogen-bond donors (Lipinski definition) is 1. The van der Waals surface area contributed by atoms with Gasteiger partial charge in [0.1, 0.15) is 11.9 Å². The van der Waals surface area contributed by atoms with Gasteiger partial charge in [-0.25, -0.2) is 0 Å². The molecule has 4 rings (SSSR count). The molecule has 1 unspecified atom stereocenters. The quantitative estimate of drug-likeness (QED) is 0.778. The summed E-state index contributed by atoms with van der Waals surface area (Å²) in [6.07, 6.45) is 9.56. The molecule has 5 nitrogen and oxygen atoms in total. The zero-order valence-electron chi connectivity index (χ0n) is 15.8. The molecule has 27 heavy (non-hydrogen) atoms. The van der Waals surface area contributed by atoms with Gasteiger partial charge in [-0.1, -0.05) is 16.8 Å². The Morgan fingerprint density at radius 1 is 1.30 bits per heavy atom. The fourth-order valence-corrected chi connectivity index (χ4v) is 3.83. The van der Waals surface area contributed by atoms with E-state index in [4.69, 9.17) is 9.26 Å². The van der Waals surface area contributed by atoms with Crippen molar-refractivity contribution in [2.75, 3.05) is 6.54 Å². The molecular weight excluding hydrogens is 340 g/mol. The Balaban J connectivity index is 1.31. The van der Waals surface area contributed by atoms with E-state index in [1.165, 1.54) is 36.8 Å². The third-order valence-corrected chi connectivity index (χ3v) is 5.23. The van der Waals surface area contributed by atoms with Crippen molar-refractivity contribution in [1.29, 1.82) is 0 Å². The molecule has 0 spiro atoms. The molecule has 2 aromatic rings. The smallest absolute Gasteiger partial charge is 0.226 e. The number of carbonyl (C=O) groups excluding carboxylic acids is 1. The number of ether oxygens (including phenoxy) is 1. The van der Waals surface area contributed by atoms with Gasteiger partial charge in [-0.05, 0) is 62.8 Å². The van der Waals surface area contributed by atoms with Crippen LogP contribution in [0.4, 0.5) is 0 Å². The standard InChI is InChI=1S/C22H26N2O3/c1-15-11-18-12-17(7-8-20(18)26-15)21-13-19(24-27-21)14-22(25)23-10-9-16-5-3-2-4-6-16/h5,7-8,12-13,15H,2-4,6,9-11,14H2,1H3,(H,23,25). The van der Waals surface area contributed by atoms with Crippen LogP contribution in [0.3, 0.4) is 0 Å². The summed E-state index contributed by atoms with van der Waals surface area (Å²) in [5.41, 5.74) is 4.28. The van der Waals surface area contributed by atoms with Crippen LogP contribution in [0.2, 0.25) is 0 Å². The number of fused-ring (bicyclic) bond motifs is 1. The zero-order chi connectivity index (χ0) is 18.6. The summed E-state index contributed by atoms with van der Waals surface area (Å²) in [7, 11) is 0. The molecule has 0 saturated carbocycles. The van der Waals surface area contributed by atoms with Gasteiger partial charge in [-0.3, -0.25) is 4.79 Å². The lowest BCUT2D eigenvalue weighted by Gasteiger charge is -2.12. The molecule has 5 heteroatoms. The van der Waals surface area contributed by atoms with E-state index in [1.54, 1.807) is 0 Å². The van der Waals surface area contributed by atoms with Gasteiger partial charge in [0.2, 0.25) is 5.91 Å². The SMILES string of the molecule is CC1Cc2cc(-c3cc(CC(=O)NCCC4=CCCCC4)no3)ccc2O1. The maximum atomic E-state index is 12.2. The minimum atomic E-state index is -0.0116. The van der Waals surface area contributed by atoms with Crippen LogP contribution in [-0.4, -0.2) is 23.7 Å². The minimum absolute atomic E-state index is 0.0116. The van der Waals surface area contributed by atoms with Gasteiger partial charge in [0.15, 0.2) is 5.76 Å². The number of allylic oxidation sites excluding steroid dienone is 1. The van der Waals surface area contributed by atoms with Crippen LogP contribution in [0, 0.1) is 0 Å². The summed E-state index contributed by atoms with van der Waals surface area (Å²) in [5, 5.41) is 7.05. The van der Waals surface area contributed by atoms with Crippen LogP contribution >= 0.6 is 0 Å². The van der Waals surface area contributed by atoms with E-state index >= 15 is 0 Å². The number of hydrogen-bond acceptors (Lipinski definition) is 4. The van der Waals surface area contributed by atoms with Crippen molar-refractivity contribution < 1.29 is 14.1 Å². The molecule has 0 bridgehead atoms. The topological polar surface area (TPSA) is 64.4 Å². The van der Waals surface area contributed by atoms with Crippen LogP contribution in [0.1, 0.15) is 50.3 Å². The van der Waals surface area contributed by atoms with Crippen LogP contribution in [-0.2, 0) is 17.6 Å². The lowest BCUT2D eigenvalue weighted by atomic mass is 9.97. The number of rotatable bonds is 6. The van der Waals surface area contributed by atoms with Gasteiger partial charge >= 0.3 is 0 Å². The highest BCUT2D eigenvalue weighted by Gasteiger charge is 2.20. The normalized spacial score (nSPS) is 18.6. The summed E-state index contributed by atoms with van der Waals surface area (Å²) in [6, 6.07) is 7.88. The first-order chi connectivity index (χ1) is 13.2. The average molecular weight is 366 g/mol. The number of nitrogens with zero attached hydrogens (tertiary/aromatic N) is 1. The van der Waals surface area contributed by atoms with Gasteiger partial charge in [0.25, 0.3) is 0 Å². The second-order valence-corrected chi connectivity index (χ2v) is 7.52. The van der Waals surface area contributed by atoms with Crippen LogP contribution in [0.5, 0.6) is 5.75 Å². The Kier molecular flexibility index (Phi) is 5.28. The van der Waals surface area contributed by atoms with E-state index in [9.17, 15) is 4.79 Å². The summed E-state index contributed by atoms with van der Waals surface area (Å²) < 4.78 is 11.2. The molecule has 1 atom stereocenters.